The smallest absolute Gasteiger partial charge is 0.129 e. The van der Waals surface area contributed by atoms with Crippen molar-refractivity contribution in [1.29, 1.82) is 0 Å². The van der Waals surface area contributed by atoms with E-state index >= 15 is 0 Å². The first-order valence-electron chi connectivity index (χ1n) is 22.0. The van der Waals surface area contributed by atoms with Gasteiger partial charge in [-0.15, -0.1) is 0 Å². The van der Waals surface area contributed by atoms with Crippen molar-refractivity contribution >= 4 is 5.69 Å². The lowest BCUT2D eigenvalue weighted by Gasteiger charge is -2.63. The average molecular weight is 741 g/mol. The molecule has 0 bridgehead atoms. The largest absolute Gasteiger partial charge is 0.490 e. The number of hydrogen-bond donors (Lipinski definition) is 2. The van der Waals surface area contributed by atoms with Gasteiger partial charge in [-0.2, -0.15) is 0 Å². The van der Waals surface area contributed by atoms with Gasteiger partial charge in [0, 0.05) is 35.5 Å². The molecule has 3 aromatic rings. The van der Waals surface area contributed by atoms with Gasteiger partial charge in [-0.25, -0.2) is 0 Å². The fourth-order valence-electron chi connectivity index (χ4n) is 13.1. The molecule has 294 valence electrons. The van der Waals surface area contributed by atoms with Gasteiger partial charge in [-0.3, -0.25) is 0 Å². The number of allylic oxidation sites excluding steroid dienone is 2. The van der Waals surface area contributed by atoms with Crippen LogP contribution in [0.2, 0.25) is 0 Å². The van der Waals surface area contributed by atoms with Crippen LogP contribution in [0, 0.1) is 46.3 Å². The molecule has 0 saturated heterocycles. The van der Waals surface area contributed by atoms with Crippen LogP contribution in [0.25, 0.3) is 0 Å². The molecular weight excluding hydrogens is 673 g/mol. The topological polar surface area (TPSA) is 70.5 Å². The van der Waals surface area contributed by atoms with E-state index in [4.69, 9.17) is 20.9 Å². The monoisotopic (exact) mass is 741 g/mol. The highest BCUT2D eigenvalue weighted by atomic mass is 16.5. The Hall–Kier alpha value is -3.50. The van der Waals surface area contributed by atoms with Gasteiger partial charge in [0.25, 0.3) is 0 Å². The van der Waals surface area contributed by atoms with Crippen molar-refractivity contribution < 1.29 is 9.47 Å². The second-order valence-electron chi connectivity index (χ2n) is 19.5. The summed E-state index contributed by atoms with van der Waals surface area (Å²) in [6, 6.07) is 25.9. The summed E-state index contributed by atoms with van der Waals surface area (Å²) in [4.78, 5) is 0. The second kappa shape index (κ2) is 15.4. The molecule has 4 heteroatoms. The standard InChI is InChI=1S/C51H68N2O2/c1-34(2)12-6-7-13-36-23-25-45-44-24-22-39-33-51(29-28-50(39,5)46(44)26-27-49(36,45)4,37-14-8-17-41(30-37)54-43-19-10-16-40(52)32-43)38-15-9-18-42(31-38)55-48-21-11-20-47(53)35(48)3/h8-12,14-20,30-32,35-36,39,44-48H,6-7,13,21-29,33,52-53H2,1-5H3. The van der Waals surface area contributed by atoms with E-state index in [9.17, 15) is 0 Å². The Kier molecular flexibility index (Phi) is 10.8. The van der Waals surface area contributed by atoms with Gasteiger partial charge in [0.1, 0.15) is 23.4 Å². The molecule has 55 heavy (non-hydrogen) atoms. The zero-order valence-electron chi connectivity index (χ0n) is 34.4. The number of nitrogens with two attached hydrogens (primary N) is 2. The van der Waals surface area contributed by atoms with Crippen LogP contribution in [0.15, 0.2) is 96.6 Å². The van der Waals surface area contributed by atoms with E-state index < -0.39 is 0 Å². The Labute approximate surface area is 332 Å². The van der Waals surface area contributed by atoms with Gasteiger partial charge in [0.15, 0.2) is 0 Å². The lowest BCUT2D eigenvalue weighted by Crippen LogP contribution is -2.55. The lowest BCUT2D eigenvalue weighted by atomic mass is 9.42. The van der Waals surface area contributed by atoms with Crippen LogP contribution < -0.4 is 20.9 Å². The molecule has 5 aliphatic carbocycles. The lowest BCUT2D eigenvalue weighted by molar-refractivity contribution is -0.119. The number of nitrogen functional groups attached to an aromatic ring is 1. The van der Waals surface area contributed by atoms with E-state index in [0.29, 0.717) is 22.4 Å². The number of unbranched alkanes of at least 4 members (excludes halogenated alkanes) is 1. The molecule has 11 atom stereocenters. The molecule has 0 amide bonds. The van der Waals surface area contributed by atoms with Crippen LogP contribution >= 0.6 is 0 Å². The van der Waals surface area contributed by atoms with Crippen molar-refractivity contribution in [2.24, 2.45) is 52.1 Å². The molecule has 4 nitrogen and oxygen atoms in total. The fraction of sp³-hybridized carbons (Fsp3) is 0.569. The van der Waals surface area contributed by atoms with E-state index in [1.165, 1.54) is 87.3 Å². The summed E-state index contributed by atoms with van der Waals surface area (Å²) in [6.07, 6.45) is 23.9. The number of rotatable bonds is 10. The third-order valence-corrected chi connectivity index (χ3v) is 16.3. The molecule has 0 aromatic heterocycles. The number of benzene rings is 3. The molecule has 8 rings (SSSR count). The molecule has 4 N–H and O–H groups in total. The minimum absolute atomic E-state index is 0.0300. The Morgan fingerprint density at radius 2 is 1.51 bits per heavy atom. The van der Waals surface area contributed by atoms with Gasteiger partial charge in [-0.05, 0) is 179 Å². The zero-order chi connectivity index (χ0) is 38.4. The van der Waals surface area contributed by atoms with Crippen LogP contribution in [0.5, 0.6) is 17.2 Å². The molecular formula is C51H68N2O2. The fourth-order valence-corrected chi connectivity index (χ4v) is 13.1. The molecule has 4 saturated carbocycles. The number of fused-ring (bicyclic) bond motifs is 5. The minimum Gasteiger partial charge on any atom is -0.490 e. The molecule has 4 fully saturated rings. The van der Waals surface area contributed by atoms with Crippen LogP contribution in [-0.2, 0) is 5.41 Å². The molecule has 0 aliphatic heterocycles. The number of ether oxygens (including phenoxy) is 2. The van der Waals surface area contributed by atoms with Crippen molar-refractivity contribution in [2.45, 2.75) is 136 Å². The summed E-state index contributed by atoms with van der Waals surface area (Å²) in [6.45, 7) is 12.2. The quantitative estimate of drug-likeness (QED) is 0.123. The molecule has 0 spiro atoms. The summed E-state index contributed by atoms with van der Waals surface area (Å²) in [5, 5.41) is 0. The van der Waals surface area contributed by atoms with Crippen LogP contribution in [0.3, 0.4) is 0 Å². The molecule has 0 radical (unpaired) electrons. The minimum atomic E-state index is -0.132. The summed E-state index contributed by atoms with van der Waals surface area (Å²) in [7, 11) is 0. The zero-order valence-corrected chi connectivity index (χ0v) is 34.4. The maximum atomic E-state index is 6.79. The van der Waals surface area contributed by atoms with Gasteiger partial charge < -0.3 is 20.9 Å². The van der Waals surface area contributed by atoms with Gasteiger partial charge >= 0.3 is 0 Å². The van der Waals surface area contributed by atoms with E-state index in [2.05, 4.69) is 101 Å². The number of hydrogen-bond acceptors (Lipinski definition) is 4. The molecule has 11 unspecified atom stereocenters. The predicted octanol–water partition coefficient (Wildman–Crippen LogP) is 12.8. The number of anilines is 1. The van der Waals surface area contributed by atoms with E-state index in [1.807, 2.05) is 24.3 Å². The van der Waals surface area contributed by atoms with Crippen LogP contribution in [0.1, 0.15) is 129 Å². The van der Waals surface area contributed by atoms with Crippen molar-refractivity contribution in [1.82, 2.24) is 0 Å². The van der Waals surface area contributed by atoms with Gasteiger partial charge in [0.05, 0.1) is 0 Å². The Morgan fingerprint density at radius 3 is 2.27 bits per heavy atom. The van der Waals surface area contributed by atoms with Crippen molar-refractivity contribution in [3.8, 4) is 17.2 Å². The van der Waals surface area contributed by atoms with Crippen LogP contribution in [-0.4, -0.2) is 12.1 Å². The van der Waals surface area contributed by atoms with Gasteiger partial charge in [-0.1, -0.05) is 74.9 Å². The van der Waals surface area contributed by atoms with Gasteiger partial charge in [0.2, 0.25) is 0 Å². The first-order valence-corrected chi connectivity index (χ1v) is 22.0. The Bertz CT molecular complexity index is 1880. The van der Waals surface area contributed by atoms with Crippen molar-refractivity contribution in [3.63, 3.8) is 0 Å². The van der Waals surface area contributed by atoms with Crippen molar-refractivity contribution in [2.75, 3.05) is 5.73 Å². The van der Waals surface area contributed by atoms with E-state index in [1.54, 1.807) is 0 Å². The van der Waals surface area contributed by atoms with E-state index in [0.717, 1.165) is 53.8 Å². The molecule has 5 aliphatic rings. The van der Waals surface area contributed by atoms with Crippen LogP contribution in [0.4, 0.5) is 5.69 Å². The molecule has 3 aromatic carbocycles. The highest BCUT2D eigenvalue weighted by Gasteiger charge is 2.61. The summed E-state index contributed by atoms with van der Waals surface area (Å²) >= 11 is 0. The second-order valence-corrected chi connectivity index (χ2v) is 19.5. The maximum Gasteiger partial charge on any atom is 0.129 e. The highest BCUT2D eigenvalue weighted by Crippen LogP contribution is 2.69. The summed E-state index contributed by atoms with van der Waals surface area (Å²) in [5.41, 5.74) is 18.3. The van der Waals surface area contributed by atoms with Crippen molar-refractivity contribution in [3.05, 3.63) is 108 Å². The Balaban J connectivity index is 1.08. The first kappa shape index (κ1) is 38.4. The summed E-state index contributed by atoms with van der Waals surface area (Å²) in [5.74, 6) is 7.09. The highest BCUT2D eigenvalue weighted by molar-refractivity contribution is 5.49. The van der Waals surface area contributed by atoms with E-state index in [-0.39, 0.29) is 23.5 Å². The third kappa shape index (κ3) is 7.31. The first-order chi connectivity index (χ1) is 26.5. The Morgan fingerprint density at radius 1 is 0.800 bits per heavy atom. The average Bonchev–Trinajstić information content (AvgIpc) is 3.51. The summed E-state index contributed by atoms with van der Waals surface area (Å²) < 4.78 is 13.3. The molecule has 0 heterocycles. The normalized spacial score (nSPS) is 36.6. The predicted molar refractivity (Wildman–Crippen MR) is 228 cm³/mol. The maximum absolute atomic E-state index is 6.79. The third-order valence-electron chi connectivity index (χ3n) is 16.3. The SMILES string of the molecule is CC(C)=CCCCC1CCC2C3CCC4CC(c5cccc(Oc6cccc(N)c6)c5)(c5cccc(OC6CC=CC(N)C6C)c5)CCC4(C)C3CCC12C.